The molecule has 0 aliphatic carbocycles. The molecule has 0 saturated heterocycles. The van der Waals surface area contributed by atoms with Crippen LogP contribution < -0.4 is 10.6 Å². The van der Waals surface area contributed by atoms with E-state index in [1.165, 1.54) is 6.07 Å². The number of halogens is 1. The lowest BCUT2D eigenvalue weighted by molar-refractivity contribution is 0.622. The number of rotatable bonds is 5. The number of hydrogen-bond donors (Lipinski definition) is 1. The molecule has 3 rings (SSSR count). The Bertz CT molecular complexity index is 738. The van der Waals surface area contributed by atoms with Crippen molar-refractivity contribution in [3.63, 3.8) is 0 Å². The quantitative estimate of drug-likeness (QED) is 0.783. The topological polar surface area (TPSA) is 46.6 Å². The fourth-order valence-electron chi connectivity index (χ4n) is 2.43. The molecule has 2 heterocycles. The molecule has 5 heteroatoms. The molecule has 0 aliphatic heterocycles. The minimum absolute atomic E-state index is 0.244. The maximum absolute atomic E-state index is 14.2. The average molecular weight is 284 g/mol. The monoisotopic (exact) mass is 284 g/mol. The second kappa shape index (κ2) is 5.93. The lowest BCUT2D eigenvalue weighted by Gasteiger charge is -2.26. The van der Waals surface area contributed by atoms with Crippen LogP contribution in [-0.4, -0.2) is 22.5 Å². The summed E-state index contributed by atoms with van der Waals surface area (Å²) in [4.78, 5) is 6.22. The highest BCUT2D eigenvalue weighted by molar-refractivity contribution is 5.63. The van der Waals surface area contributed by atoms with Crippen molar-refractivity contribution in [2.45, 2.75) is 6.42 Å². The van der Waals surface area contributed by atoms with Crippen LogP contribution in [0.4, 0.5) is 15.9 Å². The van der Waals surface area contributed by atoms with Crippen molar-refractivity contribution in [1.82, 2.24) is 9.38 Å². The maximum Gasteiger partial charge on any atom is 0.146 e. The van der Waals surface area contributed by atoms with E-state index >= 15 is 0 Å². The van der Waals surface area contributed by atoms with Gasteiger partial charge in [0.2, 0.25) is 0 Å². The van der Waals surface area contributed by atoms with Gasteiger partial charge in [0.15, 0.2) is 0 Å². The Morgan fingerprint density at radius 1 is 1.14 bits per heavy atom. The van der Waals surface area contributed by atoms with Crippen molar-refractivity contribution in [2.75, 3.05) is 18.0 Å². The lowest BCUT2D eigenvalue weighted by atomic mass is 10.2. The highest BCUT2D eigenvalue weighted by Crippen LogP contribution is 2.28. The molecule has 2 N–H and O–H groups in total. The smallest absolute Gasteiger partial charge is 0.146 e. The number of anilines is 2. The van der Waals surface area contributed by atoms with E-state index in [9.17, 15) is 4.39 Å². The molecule has 1 aromatic carbocycles. The predicted octanol–water partition coefficient (Wildman–Crippen LogP) is 2.96. The van der Waals surface area contributed by atoms with Gasteiger partial charge in [0.1, 0.15) is 17.3 Å². The van der Waals surface area contributed by atoms with Gasteiger partial charge in [0.25, 0.3) is 0 Å². The molecule has 0 atom stereocenters. The Labute approximate surface area is 122 Å². The molecule has 0 aliphatic rings. The van der Waals surface area contributed by atoms with E-state index in [1.54, 1.807) is 18.3 Å². The van der Waals surface area contributed by atoms with Gasteiger partial charge in [-0.05, 0) is 37.2 Å². The van der Waals surface area contributed by atoms with Gasteiger partial charge in [-0.1, -0.05) is 18.2 Å². The van der Waals surface area contributed by atoms with Crippen LogP contribution in [-0.2, 0) is 0 Å². The molecule has 2 aromatic heterocycles. The van der Waals surface area contributed by atoms with E-state index in [0.29, 0.717) is 18.8 Å². The minimum Gasteiger partial charge on any atom is -0.330 e. The second-order valence-corrected chi connectivity index (χ2v) is 4.78. The van der Waals surface area contributed by atoms with E-state index in [4.69, 9.17) is 5.73 Å². The number of benzene rings is 1. The number of nitrogens with zero attached hydrogens (tertiary/aromatic N) is 3. The summed E-state index contributed by atoms with van der Waals surface area (Å²) in [7, 11) is 0. The number of imidazole rings is 1. The van der Waals surface area contributed by atoms with Gasteiger partial charge in [-0.15, -0.1) is 0 Å². The van der Waals surface area contributed by atoms with Gasteiger partial charge in [-0.3, -0.25) is 4.40 Å². The molecule has 0 radical (unpaired) electrons. The van der Waals surface area contributed by atoms with Crippen LogP contribution in [0.15, 0.2) is 54.9 Å². The molecule has 108 valence electrons. The number of aromatic nitrogens is 2. The molecule has 0 fully saturated rings. The van der Waals surface area contributed by atoms with Crippen LogP contribution in [0.5, 0.6) is 0 Å². The molecule has 3 aromatic rings. The third-order valence-electron chi connectivity index (χ3n) is 3.41. The average Bonchev–Trinajstić information content (AvgIpc) is 2.98. The molecular formula is C16H17FN4. The summed E-state index contributed by atoms with van der Waals surface area (Å²) < 4.78 is 16.1. The van der Waals surface area contributed by atoms with Gasteiger partial charge < -0.3 is 10.6 Å². The first-order chi connectivity index (χ1) is 10.3. The third-order valence-corrected chi connectivity index (χ3v) is 3.41. The second-order valence-electron chi connectivity index (χ2n) is 4.78. The molecule has 0 bridgehead atoms. The summed E-state index contributed by atoms with van der Waals surface area (Å²) in [6.45, 7) is 1.21. The summed E-state index contributed by atoms with van der Waals surface area (Å²) in [5, 5.41) is 0. The summed E-state index contributed by atoms with van der Waals surface area (Å²) in [6.07, 6.45) is 4.39. The summed E-state index contributed by atoms with van der Waals surface area (Å²) in [6, 6.07) is 12.6. The minimum atomic E-state index is -0.244. The SMILES string of the molecule is NCCCN(c1ccccc1F)c1cccc2nccn12. The molecular weight excluding hydrogens is 267 g/mol. The van der Waals surface area contributed by atoms with E-state index < -0.39 is 0 Å². The number of fused-ring (bicyclic) bond motifs is 1. The zero-order valence-corrected chi connectivity index (χ0v) is 11.6. The zero-order chi connectivity index (χ0) is 14.7. The summed E-state index contributed by atoms with van der Waals surface area (Å²) in [5.74, 6) is 0.634. The first-order valence-corrected chi connectivity index (χ1v) is 6.95. The van der Waals surface area contributed by atoms with Gasteiger partial charge >= 0.3 is 0 Å². The van der Waals surface area contributed by atoms with E-state index in [2.05, 4.69) is 4.98 Å². The molecule has 0 unspecified atom stereocenters. The van der Waals surface area contributed by atoms with Crippen LogP contribution >= 0.6 is 0 Å². The van der Waals surface area contributed by atoms with Crippen LogP contribution in [0.1, 0.15) is 6.42 Å². The third kappa shape index (κ3) is 2.60. The summed E-state index contributed by atoms with van der Waals surface area (Å²) in [5.41, 5.74) is 7.01. The lowest BCUT2D eigenvalue weighted by Crippen LogP contribution is -2.23. The first-order valence-electron chi connectivity index (χ1n) is 6.95. The Balaban J connectivity index is 2.11. The number of para-hydroxylation sites is 1. The number of hydrogen-bond acceptors (Lipinski definition) is 3. The number of nitrogens with two attached hydrogens (primary N) is 1. The molecule has 4 nitrogen and oxygen atoms in total. The fraction of sp³-hybridized carbons (Fsp3) is 0.188. The predicted molar refractivity (Wildman–Crippen MR) is 82.3 cm³/mol. The Morgan fingerprint density at radius 2 is 2.00 bits per heavy atom. The van der Waals surface area contributed by atoms with Crippen LogP contribution in [0.2, 0.25) is 0 Å². The Kier molecular flexibility index (Phi) is 3.83. The van der Waals surface area contributed by atoms with E-state index in [0.717, 1.165) is 17.9 Å². The standard InChI is InChI=1S/C16H17FN4/c17-13-5-1-2-6-14(13)20(11-4-9-18)16-8-3-7-15-19-10-12-21(15)16/h1-3,5-8,10,12H,4,9,11,18H2. The number of pyridine rings is 1. The highest BCUT2D eigenvalue weighted by atomic mass is 19.1. The van der Waals surface area contributed by atoms with Gasteiger partial charge in [0, 0.05) is 18.9 Å². The van der Waals surface area contributed by atoms with Crippen LogP contribution in [0.25, 0.3) is 5.65 Å². The van der Waals surface area contributed by atoms with Crippen molar-refractivity contribution >= 4 is 17.2 Å². The Hall–Kier alpha value is -2.40. The first kappa shape index (κ1) is 13.6. The largest absolute Gasteiger partial charge is 0.330 e. The van der Waals surface area contributed by atoms with Gasteiger partial charge in [0.05, 0.1) is 5.69 Å². The zero-order valence-electron chi connectivity index (χ0n) is 11.6. The molecule has 0 saturated carbocycles. The molecule has 0 spiro atoms. The van der Waals surface area contributed by atoms with Gasteiger partial charge in [-0.25, -0.2) is 9.37 Å². The fourth-order valence-corrected chi connectivity index (χ4v) is 2.43. The van der Waals surface area contributed by atoms with Crippen LogP contribution in [0.3, 0.4) is 0 Å². The normalized spacial score (nSPS) is 11.0. The van der Waals surface area contributed by atoms with Crippen molar-refractivity contribution in [3.05, 3.63) is 60.7 Å². The molecule has 21 heavy (non-hydrogen) atoms. The van der Waals surface area contributed by atoms with E-state index in [-0.39, 0.29) is 5.82 Å². The summed E-state index contributed by atoms with van der Waals surface area (Å²) >= 11 is 0. The van der Waals surface area contributed by atoms with Crippen molar-refractivity contribution in [2.24, 2.45) is 5.73 Å². The maximum atomic E-state index is 14.2. The van der Waals surface area contributed by atoms with Crippen molar-refractivity contribution in [1.29, 1.82) is 0 Å². The van der Waals surface area contributed by atoms with Crippen molar-refractivity contribution in [3.8, 4) is 0 Å². The van der Waals surface area contributed by atoms with E-state index in [1.807, 2.05) is 39.8 Å². The van der Waals surface area contributed by atoms with Crippen molar-refractivity contribution < 1.29 is 4.39 Å². The van der Waals surface area contributed by atoms with Gasteiger partial charge in [-0.2, -0.15) is 0 Å². The van der Waals surface area contributed by atoms with Crippen LogP contribution in [0, 0.1) is 5.82 Å². The highest BCUT2D eigenvalue weighted by Gasteiger charge is 2.15. The Morgan fingerprint density at radius 3 is 2.81 bits per heavy atom. The molecule has 0 amide bonds.